The molecular formula is C17H11BrClN3O5. The Balaban J connectivity index is 1.61. The number of nitrogens with one attached hydrogen (secondary N) is 1. The number of aromatic nitrogens is 1. The van der Waals surface area contributed by atoms with Crippen LogP contribution in [0.2, 0.25) is 5.02 Å². The van der Waals surface area contributed by atoms with Crippen molar-refractivity contribution in [3.63, 3.8) is 0 Å². The van der Waals surface area contributed by atoms with Gasteiger partial charge < -0.3 is 14.5 Å². The number of rotatable bonds is 6. The molecule has 0 unspecified atom stereocenters. The van der Waals surface area contributed by atoms with E-state index < -0.39 is 10.8 Å². The van der Waals surface area contributed by atoms with Crippen LogP contribution in [-0.4, -0.2) is 15.8 Å². The molecule has 0 spiro atoms. The van der Waals surface area contributed by atoms with E-state index in [1.165, 1.54) is 24.3 Å². The van der Waals surface area contributed by atoms with Gasteiger partial charge in [-0.2, -0.15) is 0 Å². The van der Waals surface area contributed by atoms with Crippen LogP contribution in [0.3, 0.4) is 0 Å². The van der Waals surface area contributed by atoms with Crippen LogP contribution in [0, 0.1) is 10.1 Å². The van der Waals surface area contributed by atoms with Crippen LogP contribution < -0.4 is 10.1 Å². The first-order valence-corrected chi connectivity index (χ1v) is 8.68. The number of hydrogen-bond donors (Lipinski definition) is 1. The average molecular weight is 453 g/mol. The van der Waals surface area contributed by atoms with Gasteiger partial charge in [-0.05, 0) is 46.3 Å². The summed E-state index contributed by atoms with van der Waals surface area (Å²) in [4.78, 5) is 26.4. The van der Waals surface area contributed by atoms with Gasteiger partial charge in [0.1, 0.15) is 23.9 Å². The summed E-state index contributed by atoms with van der Waals surface area (Å²) >= 11 is 9.22. The molecule has 27 heavy (non-hydrogen) atoms. The lowest BCUT2D eigenvalue weighted by molar-refractivity contribution is -0.384. The first-order chi connectivity index (χ1) is 12.9. The molecule has 0 bridgehead atoms. The fourth-order valence-electron chi connectivity index (χ4n) is 2.07. The highest BCUT2D eigenvalue weighted by Crippen LogP contribution is 2.29. The summed E-state index contributed by atoms with van der Waals surface area (Å²) in [5.74, 6) is 0.676. The molecule has 0 saturated heterocycles. The van der Waals surface area contributed by atoms with Crippen molar-refractivity contribution < 1.29 is 18.9 Å². The quantitative estimate of drug-likeness (QED) is 0.424. The molecular weight excluding hydrogens is 442 g/mol. The standard InChI is InChI=1S/C17H11BrClN3O5/c18-10-1-6-16(20-8-10)21-17(23)15-5-3-12(27-15)9-26-14-4-2-11(22(24)25)7-13(14)19/h1-8H,9H2,(H,20,21,23). The van der Waals surface area contributed by atoms with Gasteiger partial charge in [-0.1, -0.05) is 11.6 Å². The lowest BCUT2D eigenvalue weighted by Gasteiger charge is -2.06. The Labute approximate surface area is 166 Å². The number of amides is 1. The molecule has 1 aromatic carbocycles. The fraction of sp³-hybridized carbons (Fsp3) is 0.0588. The summed E-state index contributed by atoms with van der Waals surface area (Å²) in [5.41, 5.74) is -0.133. The highest BCUT2D eigenvalue weighted by Gasteiger charge is 2.14. The smallest absolute Gasteiger partial charge is 0.292 e. The van der Waals surface area contributed by atoms with Gasteiger partial charge in [-0.15, -0.1) is 0 Å². The van der Waals surface area contributed by atoms with Gasteiger partial charge in [0.05, 0.1) is 9.95 Å². The topological polar surface area (TPSA) is 108 Å². The van der Waals surface area contributed by atoms with Gasteiger partial charge in [0.15, 0.2) is 5.76 Å². The molecule has 0 saturated carbocycles. The molecule has 8 nitrogen and oxygen atoms in total. The number of furan rings is 1. The van der Waals surface area contributed by atoms with E-state index in [0.717, 1.165) is 4.47 Å². The van der Waals surface area contributed by atoms with E-state index in [-0.39, 0.29) is 28.8 Å². The van der Waals surface area contributed by atoms with Crippen LogP contribution in [0.4, 0.5) is 11.5 Å². The third kappa shape index (κ3) is 4.83. The van der Waals surface area contributed by atoms with E-state index in [4.69, 9.17) is 20.8 Å². The maximum absolute atomic E-state index is 12.2. The number of hydrogen-bond acceptors (Lipinski definition) is 6. The molecule has 10 heteroatoms. The number of pyridine rings is 1. The van der Waals surface area contributed by atoms with Crippen molar-refractivity contribution in [3.05, 3.63) is 79.8 Å². The number of non-ortho nitro benzene ring substituents is 1. The summed E-state index contributed by atoms with van der Waals surface area (Å²) in [6.07, 6.45) is 1.56. The minimum absolute atomic E-state index is 0.00133. The summed E-state index contributed by atoms with van der Waals surface area (Å²) in [7, 11) is 0. The predicted octanol–water partition coefficient (Wildman–Crippen LogP) is 4.83. The van der Waals surface area contributed by atoms with E-state index in [1.54, 1.807) is 24.4 Å². The molecule has 0 radical (unpaired) electrons. The zero-order valence-electron chi connectivity index (χ0n) is 13.5. The first kappa shape index (κ1) is 18.9. The fourth-order valence-corrected chi connectivity index (χ4v) is 2.54. The Kier molecular flexibility index (Phi) is 5.72. The molecule has 0 aliphatic rings. The SMILES string of the molecule is O=C(Nc1ccc(Br)cn1)c1ccc(COc2ccc([N+](=O)[O-])cc2Cl)o1. The van der Waals surface area contributed by atoms with Gasteiger partial charge in [0.2, 0.25) is 0 Å². The number of nitrogens with zero attached hydrogens (tertiary/aromatic N) is 2. The van der Waals surface area contributed by atoms with Crippen LogP contribution in [0.5, 0.6) is 5.75 Å². The van der Waals surface area contributed by atoms with Crippen LogP contribution in [-0.2, 0) is 6.61 Å². The number of nitro groups is 1. The lowest BCUT2D eigenvalue weighted by atomic mass is 10.3. The van der Waals surface area contributed by atoms with Crippen molar-refractivity contribution in [2.24, 2.45) is 0 Å². The van der Waals surface area contributed by atoms with E-state index in [0.29, 0.717) is 11.6 Å². The maximum Gasteiger partial charge on any atom is 0.292 e. The van der Waals surface area contributed by atoms with Crippen molar-refractivity contribution in [3.8, 4) is 5.75 Å². The highest BCUT2D eigenvalue weighted by molar-refractivity contribution is 9.10. The minimum atomic E-state index is -0.548. The van der Waals surface area contributed by atoms with E-state index in [2.05, 4.69) is 26.2 Å². The van der Waals surface area contributed by atoms with Crippen LogP contribution in [0.25, 0.3) is 0 Å². The van der Waals surface area contributed by atoms with Gasteiger partial charge >= 0.3 is 0 Å². The monoisotopic (exact) mass is 451 g/mol. The normalized spacial score (nSPS) is 10.4. The van der Waals surface area contributed by atoms with E-state index >= 15 is 0 Å². The second-order valence-electron chi connectivity index (χ2n) is 5.24. The van der Waals surface area contributed by atoms with Crippen molar-refractivity contribution in [1.29, 1.82) is 0 Å². The van der Waals surface area contributed by atoms with Crippen LogP contribution in [0.15, 0.2) is 57.6 Å². The van der Waals surface area contributed by atoms with Crippen molar-refractivity contribution >= 4 is 44.9 Å². The predicted molar refractivity (Wildman–Crippen MR) is 101 cm³/mol. The lowest BCUT2D eigenvalue weighted by Crippen LogP contribution is -2.11. The van der Waals surface area contributed by atoms with Crippen molar-refractivity contribution in [2.75, 3.05) is 5.32 Å². The number of benzene rings is 1. The van der Waals surface area contributed by atoms with E-state index in [9.17, 15) is 14.9 Å². The first-order valence-electron chi connectivity index (χ1n) is 7.51. The third-order valence-corrected chi connectivity index (χ3v) is 4.12. The molecule has 0 atom stereocenters. The van der Waals surface area contributed by atoms with Gasteiger partial charge in [0, 0.05) is 22.8 Å². The second kappa shape index (κ2) is 8.19. The van der Waals surface area contributed by atoms with Gasteiger partial charge in [0.25, 0.3) is 11.6 Å². The Morgan fingerprint density at radius 2 is 2.11 bits per heavy atom. The number of halogens is 2. The Hall–Kier alpha value is -2.91. The summed E-state index contributed by atoms with van der Waals surface area (Å²) in [5, 5.41) is 13.4. The molecule has 1 amide bonds. The maximum atomic E-state index is 12.2. The third-order valence-electron chi connectivity index (χ3n) is 3.35. The number of anilines is 1. The number of nitro benzene ring substituents is 1. The van der Waals surface area contributed by atoms with Gasteiger partial charge in [-0.3, -0.25) is 14.9 Å². The summed E-state index contributed by atoms with van der Waals surface area (Å²) < 4.78 is 11.7. The molecule has 1 N–H and O–H groups in total. The molecule has 3 aromatic rings. The number of ether oxygens (including phenoxy) is 1. The number of carbonyl (C=O) groups is 1. The zero-order valence-corrected chi connectivity index (χ0v) is 15.9. The molecule has 0 aliphatic carbocycles. The largest absolute Gasteiger partial charge is 0.484 e. The number of carbonyl (C=O) groups excluding carboxylic acids is 1. The Bertz CT molecular complexity index is 990. The Morgan fingerprint density at radius 3 is 2.78 bits per heavy atom. The molecule has 138 valence electrons. The van der Waals surface area contributed by atoms with Crippen molar-refractivity contribution in [1.82, 2.24) is 4.98 Å². The zero-order chi connectivity index (χ0) is 19.4. The van der Waals surface area contributed by atoms with E-state index in [1.807, 2.05) is 0 Å². The van der Waals surface area contributed by atoms with Gasteiger partial charge in [-0.25, -0.2) is 4.98 Å². The molecule has 2 heterocycles. The minimum Gasteiger partial charge on any atom is -0.484 e. The highest BCUT2D eigenvalue weighted by atomic mass is 79.9. The molecule has 3 rings (SSSR count). The summed E-state index contributed by atoms with van der Waals surface area (Å²) in [6, 6.07) is 10.4. The average Bonchev–Trinajstić information content (AvgIpc) is 3.11. The van der Waals surface area contributed by atoms with Crippen molar-refractivity contribution in [2.45, 2.75) is 6.61 Å². The molecule has 0 aliphatic heterocycles. The second-order valence-corrected chi connectivity index (χ2v) is 6.57. The molecule has 0 fully saturated rings. The summed E-state index contributed by atoms with van der Waals surface area (Å²) in [6.45, 7) is 0.00133. The Morgan fingerprint density at radius 1 is 1.30 bits per heavy atom. The molecule has 2 aromatic heterocycles. The van der Waals surface area contributed by atoms with Crippen LogP contribution >= 0.6 is 27.5 Å². The van der Waals surface area contributed by atoms with Crippen LogP contribution in [0.1, 0.15) is 16.3 Å².